The Bertz CT molecular complexity index is 259. The van der Waals surface area contributed by atoms with Gasteiger partial charge in [0.1, 0.15) is 0 Å². The Balaban J connectivity index is 3.20. The van der Waals surface area contributed by atoms with Crippen molar-refractivity contribution in [3.63, 3.8) is 0 Å². The number of aryl methyl sites for hydroxylation is 2. The summed E-state index contributed by atoms with van der Waals surface area (Å²) >= 11 is 0. The van der Waals surface area contributed by atoms with E-state index in [0.717, 1.165) is 18.7 Å². The van der Waals surface area contributed by atoms with Crippen LogP contribution in [0, 0.1) is 0 Å². The molecule has 0 bridgehead atoms. The number of aromatic nitrogens is 3. The van der Waals surface area contributed by atoms with E-state index < -0.39 is 0 Å². The highest BCUT2D eigenvalue weighted by molar-refractivity contribution is 5.19. The third-order valence-corrected chi connectivity index (χ3v) is 2.15. The van der Waals surface area contributed by atoms with E-state index in [1.165, 1.54) is 5.69 Å². The zero-order chi connectivity index (χ0) is 10.1. The lowest BCUT2D eigenvalue weighted by molar-refractivity contribution is 0.490. The lowest BCUT2D eigenvalue weighted by Crippen LogP contribution is -2.19. The van der Waals surface area contributed by atoms with Gasteiger partial charge < -0.3 is 0 Å². The van der Waals surface area contributed by atoms with Crippen molar-refractivity contribution in [1.29, 1.82) is 0 Å². The van der Waals surface area contributed by atoms with Crippen molar-refractivity contribution in [2.45, 2.75) is 53.0 Å². The molecule has 0 spiro atoms. The molecule has 0 aliphatic carbocycles. The third kappa shape index (κ3) is 1.90. The van der Waals surface area contributed by atoms with Crippen LogP contribution in [0.3, 0.4) is 0 Å². The average Bonchev–Trinajstić information content (AvgIpc) is 2.45. The summed E-state index contributed by atoms with van der Waals surface area (Å²) in [5, 5.41) is 8.32. The molecule has 0 saturated heterocycles. The van der Waals surface area contributed by atoms with Crippen LogP contribution < -0.4 is 0 Å². The summed E-state index contributed by atoms with van der Waals surface area (Å²) in [4.78, 5) is 0. The molecule has 13 heavy (non-hydrogen) atoms. The standard InChI is InChI=1S/C10H19N3/c1-6-8-9(10(3,4)5)13(7-2)12-11-8/h6-7H2,1-5H3. The van der Waals surface area contributed by atoms with E-state index in [0.29, 0.717) is 0 Å². The molecule has 1 rings (SSSR count). The van der Waals surface area contributed by atoms with Crippen molar-refractivity contribution >= 4 is 0 Å². The van der Waals surface area contributed by atoms with Gasteiger partial charge in [-0.2, -0.15) is 0 Å². The minimum atomic E-state index is 0.144. The third-order valence-electron chi connectivity index (χ3n) is 2.15. The molecule has 1 aromatic heterocycles. The highest BCUT2D eigenvalue weighted by Crippen LogP contribution is 2.24. The molecular weight excluding hydrogens is 162 g/mol. The van der Waals surface area contributed by atoms with Gasteiger partial charge in [-0.3, -0.25) is 0 Å². The van der Waals surface area contributed by atoms with E-state index in [9.17, 15) is 0 Å². The number of nitrogens with zero attached hydrogens (tertiary/aromatic N) is 3. The normalized spacial score (nSPS) is 12.1. The topological polar surface area (TPSA) is 30.7 Å². The Morgan fingerprint density at radius 3 is 2.23 bits per heavy atom. The fraction of sp³-hybridized carbons (Fsp3) is 0.800. The summed E-state index contributed by atoms with van der Waals surface area (Å²) in [7, 11) is 0. The first-order valence-corrected chi connectivity index (χ1v) is 4.93. The zero-order valence-electron chi connectivity index (χ0n) is 9.26. The molecule has 0 N–H and O–H groups in total. The minimum Gasteiger partial charge on any atom is -0.249 e. The van der Waals surface area contributed by atoms with Crippen LogP contribution in [-0.4, -0.2) is 15.0 Å². The average molecular weight is 181 g/mol. The van der Waals surface area contributed by atoms with Crippen molar-refractivity contribution in [2.75, 3.05) is 0 Å². The van der Waals surface area contributed by atoms with Crippen molar-refractivity contribution in [1.82, 2.24) is 15.0 Å². The number of hydrogen-bond donors (Lipinski definition) is 0. The lowest BCUT2D eigenvalue weighted by atomic mass is 9.90. The summed E-state index contributed by atoms with van der Waals surface area (Å²) < 4.78 is 2.00. The molecule has 1 aromatic rings. The van der Waals surface area contributed by atoms with E-state index in [-0.39, 0.29) is 5.41 Å². The highest BCUT2D eigenvalue weighted by Gasteiger charge is 2.23. The van der Waals surface area contributed by atoms with Gasteiger partial charge in [-0.05, 0) is 13.3 Å². The highest BCUT2D eigenvalue weighted by atomic mass is 15.4. The second-order valence-electron chi connectivity index (χ2n) is 4.30. The number of rotatable bonds is 2. The van der Waals surface area contributed by atoms with Crippen LogP contribution in [0.25, 0.3) is 0 Å². The molecule has 0 atom stereocenters. The van der Waals surface area contributed by atoms with Crippen LogP contribution in [0.15, 0.2) is 0 Å². The molecule has 3 heteroatoms. The number of hydrogen-bond acceptors (Lipinski definition) is 2. The zero-order valence-corrected chi connectivity index (χ0v) is 9.26. The van der Waals surface area contributed by atoms with E-state index >= 15 is 0 Å². The quantitative estimate of drug-likeness (QED) is 0.700. The minimum absolute atomic E-state index is 0.144. The molecular formula is C10H19N3. The van der Waals surface area contributed by atoms with Crippen molar-refractivity contribution in [2.24, 2.45) is 0 Å². The van der Waals surface area contributed by atoms with Crippen LogP contribution in [-0.2, 0) is 18.4 Å². The Labute approximate surface area is 80.1 Å². The molecule has 0 amide bonds. The van der Waals surface area contributed by atoms with Gasteiger partial charge in [0.15, 0.2) is 0 Å². The second-order valence-corrected chi connectivity index (χ2v) is 4.30. The smallest absolute Gasteiger partial charge is 0.0861 e. The fourth-order valence-electron chi connectivity index (χ4n) is 1.63. The molecule has 1 heterocycles. The summed E-state index contributed by atoms with van der Waals surface area (Å²) in [6, 6.07) is 0. The first-order chi connectivity index (χ1) is 6.00. The maximum atomic E-state index is 4.18. The van der Waals surface area contributed by atoms with Gasteiger partial charge >= 0.3 is 0 Å². The van der Waals surface area contributed by atoms with Crippen LogP contribution in [0.2, 0.25) is 0 Å². The first kappa shape index (κ1) is 10.2. The van der Waals surface area contributed by atoms with Gasteiger partial charge in [-0.1, -0.05) is 32.9 Å². The maximum absolute atomic E-state index is 4.18. The SMILES string of the molecule is CCc1nnn(CC)c1C(C)(C)C. The van der Waals surface area contributed by atoms with Crippen LogP contribution in [0.5, 0.6) is 0 Å². The van der Waals surface area contributed by atoms with Gasteiger partial charge in [-0.15, -0.1) is 5.10 Å². The molecule has 3 nitrogen and oxygen atoms in total. The molecule has 74 valence electrons. The Hall–Kier alpha value is -0.860. The molecule has 0 saturated carbocycles. The van der Waals surface area contributed by atoms with Gasteiger partial charge in [-0.25, -0.2) is 4.68 Å². The van der Waals surface area contributed by atoms with Gasteiger partial charge in [0.25, 0.3) is 0 Å². The molecule has 0 fully saturated rings. The van der Waals surface area contributed by atoms with Crippen molar-refractivity contribution in [3.8, 4) is 0 Å². The van der Waals surface area contributed by atoms with E-state index in [2.05, 4.69) is 44.9 Å². The monoisotopic (exact) mass is 181 g/mol. The van der Waals surface area contributed by atoms with Gasteiger partial charge in [0.2, 0.25) is 0 Å². The van der Waals surface area contributed by atoms with Crippen molar-refractivity contribution in [3.05, 3.63) is 11.4 Å². The van der Waals surface area contributed by atoms with E-state index in [1.807, 2.05) is 4.68 Å². The van der Waals surface area contributed by atoms with E-state index in [4.69, 9.17) is 0 Å². The lowest BCUT2D eigenvalue weighted by Gasteiger charge is -2.20. The van der Waals surface area contributed by atoms with Crippen LogP contribution in [0.4, 0.5) is 0 Å². The molecule has 0 aromatic carbocycles. The van der Waals surface area contributed by atoms with Crippen molar-refractivity contribution < 1.29 is 0 Å². The van der Waals surface area contributed by atoms with E-state index in [1.54, 1.807) is 0 Å². The predicted octanol–water partition coefficient (Wildman–Crippen LogP) is 2.16. The summed E-state index contributed by atoms with van der Waals surface area (Å²) in [6.07, 6.45) is 0.965. The summed E-state index contributed by atoms with van der Waals surface area (Å²) in [6.45, 7) is 11.7. The summed E-state index contributed by atoms with van der Waals surface area (Å²) in [5.74, 6) is 0. The fourth-order valence-corrected chi connectivity index (χ4v) is 1.63. The molecule has 0 aliphatic rings. The van der Waals surface area contributed by atoms with Crippen LogP contribution in [0.1, 0.15) is 46.0 Å². The molecule has 0 radical (unpaired) electrons. The second kappa shape index (κ2) is 3.48. The van der Waals surface area contributed by atoms with Gasteiger partial charge in [0.05, 0.1) is 11.4 Å². The van der Waals surface area contributed by atoms with Gasteiger partial charge in [0, 0.05) is 12.0 Å². The van der Waals surface area contributed by atoms with Crippen LogP contribution >= 0.6 is 0 Å². The Morgan fingerprint density at radius 2 is 1.85 bits per heavy atom. The largest absolute Gasteiger partial charge is 0.249 e. The predicted molar refractivity (Wildman–Crippen MR) is 53.8 cm³/mol. The maximum Gasteiger partial charge on any atom is 0.0861 e. The Morgan fingerprint density at radius 1 is 1.23 bits per heavy atom. The summed E-state index contributed by atoms with van der Waals surface area (Å²) in [5.41, 5.74) is 2.55. The first-order valence-electron chi connectivity index (χ1n) is 4.93. The molecule has 0 unspecified atom stereocenters. The Kier molecular flexibility index (Phi) is 2.74. The molecule has 0 aliphatic heterocycles.